The van der Waals surface area contributed by atoms with Gasteiger partial charge < -0.3 is 4.74 Å². The number of unbranched alkanes of at least 4 members (excludes halogenated alkanes) is 2. The van der Waals surface area contributed by atoms with Gasteiger partial charge in [0.05, 0.1) is 12.0 Å². The van der Waals surface area contributed by atoms with Crippen LogP contribution in [0, 0.1) is 0 Å². The monoisotopic (exact) mass is 352 g/mol. The van der Waals surface area contributed by atoms with Crippen LogP contribution in [0.1, 0.15) is 51.5 Å². The molecule has 0 saturated heterocycles. The molecule has 0 spiro atoms. The summed E-state index contributed by atoms with van der Waals surface area (Å²) in [7, 11) is 0. The molecule has 0 N–H and O–H groups in total. The minimum atomic E-state index is -0.604. The highest BCUT2D eigenvalue weighted by Gasteiger charge is 2.39. The van der Waals surface area contributed by atoms with Crippen LogP contribution in [0.25, 0.3) is 0 Å². The van der Waals surface area contributed by atoms with Crippen molar-refractivity contribution in [3.05, 3.63) is 47.0 Å². The van der Waals surface area contributed by atoms with E-state index in [0.717, 1.165) is 35.7 Å². The minimum absolute atomic E-state index is 0.136. The number of rotatable bonds is 9. The van der Waals surface area contributed by atoms with Crippen molar-refractivity contribution in [2.75, 3.05) is 6.61 Å². The van der Waals surface area contributed by atoms with Crippen LogP contribution in [-0.2, 0) is 14.9 Å². The predicted octanol–water partition coefficient (Wildman–Crippen LogP) is 5.41. The Hall–Kier alpha value is -1.09. The summed E-state index contributed by atoms with van der Waals surface area (Å²) < 4.78 is 6.39. The van der Waals surface area contributed by atoms with Gasteiger partial charge in [0.1, 0.15) is 0 Å². The first kappa shape index (κ1) is 18.0. The maximum atomic E-state index is 12.7. The lowest BCUT2D eigenvalue weighted by molar-refractivity contribution is -0.150. The van der Waals surface area contributed by atoms with Gasteiger partial charge in [0, 0.05) is 4.47 Å². The van der Waals surface area contributed by atoms with Crippen LogP contribution in [0.15, 0.2) is 41.4 Å². The number of halogens is 1. The summed E-state index contributed by atoms with van der Waals surface area (Å²) in [5, 5.41) is 0. The van der Waals surface area contributed by atoms with Gasteiger partial charge in [0.25, 0.3) is 0 Å². The van der Waals surface area contributed by atoms with E-state index in [4.69, 9.17) is 4.74 Å². The van der Waals surface area contributed by atoms with E-state index in [1.54, 1.807) is 0 Å². The largest absolute Gasteiger partial charge is 0.465 e. The van der Waals surface area contributed by atoms with Crippen LogP contribution in [0.4, 0.5) is 0 Å². The van der Waals surface area contributed by atoms with Crippen molar-refractivity contribution in [3.63, 3.8) is 0 Å². The van der Waals surface area contributed by atoms with Gasteiger partial charge >= 0.3 is 5.97 Å². The Morgan fingerprint density at radius 1 is 1.29 bits per heavy atom. The average Bonchev–Trinajstić information content (AvgIpc) is 2.47. The van der Waals surface area contributed by atoms with Crippen LogP contribution in [0.5, 0.6) is 0 Å². The molecule has 0 heterocycles. The molecule has 1 unspecified atom stereocenters. The molecule has 1 atom stereocenters. The van der Waals surface area contributed by atoms with Gasteiger partial charge in [-0.2, -0.15) is 0 Å². The standard InChI is InChI=1S/C18H25BrO2/c1-4-7-8-14-18(13-5-2,17(20)21-6-3)15-9-11-16(19)12-10-15/h5,9-12H,2,4,6-8,13-14H2,1,3H3. The van der Waals surface area contributed by atoms with Gasteiger partial charge in [0.2, 0.25) is 0 Å². The fraction of sp³-hybridized carbons (Fsp3) is 0.500. The summed E-state index contributed by atoms with van der Waals surface area (Å²) in [6, 6.07) is 7.98. The summed E-state index contributed by atoms with van der Waals surface area (Å²) in [6.45, 7) is 8.26. The predicted molar refractivity (Wildman–Crippen MR) is 91.4 cm³/mol. The number of esters is 1. The molecule has 2 nitrogen and oxygen atoms in total. The summed E-state index contributed by atoms with van der Waals surface area (Å²) in [5.41, 5.74) is 0.410. The SMILES string of the molecule is C=CCC(CCCCC)(C(=O)OCC)c1ccc(Br)cc1. The van der Waals surface area contributed by atoms with E-state index in [1.165, 1.54) is 0 Å². The van der Waals surface area contributed by atoms with E-state index in [1.807, 2.05) is 37.3 Å². The lowest BCUT2D eigenvalue weighted by Crippen LogP contribution is -2.37. The maximum Gasteiger partial charge on any atom is 0.316 e. The number of carbonyl (C=O) groups excluding carboxylic acids is 1. The molecule has 116 valence electrons. The van der Waals surface area contributed by atoms with E-state index in [0.29, 0.717) is 13.0 Å². The maximum absolute atomic E-state index is 12.7. The van der Waals surface area contributed by atoms with Crippen molar-refractivity contribution in [3.8, 4) is 0 Å². The summed E-state index contributed by atoms with van der Waals surface area (Å²) >= 11 is 3.45. The number of carbonyl (C=O) groups is 1. The summed E-state index contributed by atoms with van der Waals surface area (Å²) in [5.74, 6) is -0.136. The van der Waals surface area contributed by atoms with Gasteiger partial charge in [-0.3, -0.25) is 4.79 Å². The van der Waals surface area contributed by atoms with Crippen molar-refractivity contribution in [1.82, 2.24) is 0 Å². The van der Waals surface area contributed by atoms with Crippen molar-refractivity contribution >= 4 is 21.9 Å². The second-order valence-electron chi connectivity index (χ2n) is 5.26. The lowest BCUT2D eigenvalue weighted by Gasteiger charge is -2.31. The van der Waals surface area contributed by atoms with Crippen molar-refractivity contribution < 1.29 is 9.53 Å². The Bertz CT molecular complexity index is 453. The van der Waals surface area contributed by atoms with Gasteiger partial charge in [-0.1, -0.05) is 60.3 Å². The first-order valence-electron chi connectivity index (χ1n) is 7.65. The van der Waals surface area contributed by atoms with Crippen LogP contribution < -0.4 is 0 Å². The molecule has 1 aromatic carbocycles. The third-order valence-corrected chi connectivity index (χ3v) is 4.29. The Morgan fingerprint density at radius 3 is 2.48 bits per heavy atom. The molecule has 0 aliphatic rings. The van der Waals surface area contributed by atoms with Crippen LogP contribution in [0.3, 0.4) is 0 Å². The van der Waals surface area contributed by atoms with Crippen molar-refractivity contribution in [1.29, 1.82) is 0 Å². The second-order valence-corrected chi connectivity index (χ2v) is 6.18. The molecule has 0 saturated carbocycles. The molecular formula is C18H25BrO2. The molecule has 0 aromatic heterocycles. The minimum Gasteiger partial charge on any atom is -0.465 e. The molecule has 0 amide bonds. The first-order valence-corrected chi connectivity index (χ1v) is 8.44. The van der Waals surface area contributed by atoms with Crippen molar-refractivity contribution in [2.24, 2.45) is 0 Å². The average molecular weight is 353 g/mol. The van der Waals surface area contributed by atoms with Gasteiger partial charge in [-0.25, -0.2) is 0 Å². The van der Waals surface area contributed by atoms with E-state index < -0.39 is 5.41 Å². The molecule has 0 aliphatic heterocycles. The van der Waals surface area contributed by atoms with Crippen LogP contribution >= 0.6 is 15.9 Å². The van der Waals surface area contributed by atoms with Gasteiger partial charge in [-0.15, -0.1) is 6.58 Å². The Labute approximate surface area is 136 Å². The topological polar surface area (TPSA) is 26.3 Å². The van der Waals surface area contributed by atoms with E-state index in [2.05, 4.69) is 29.4 Å². The zero-order valence-electron chi connectivity index (χ0n) is 13.0. The fourth-order valence-corrected chi connectivity index (χ4v) is 2.89. The summed E-state index contributed by atoms with van der Waals surface area (Å²) in [6.07, 6.45) is 6.50. The van der Waals surface area contributed by atoms with Crippen LogP contribution in [0.2, 0.25) is 0 Å². The first-order chi connectivity index (χ1) is 10.1. The molecular weight excluding hydrogens is 328 g/mol. The highest BCUT2D eigenvalue weighted by Crippen LogP contribution is 2.36. The third-order valence-electron chi connectivity index (χ3n) is 3.76. The number of benzene rings is 1. The second kappa shape index (κ2) is 9.04. The molecule has 0 aliphatic carbocycles. The Balaban J connectivity index is 3.17. The molecule has 1 rings (SSSR count). The number of ether oxygens (including phenoxy) is 1. The Kier molecular flexibility index (Phi) is 7.73. The highest BCUT2D eigenvalue weighted by molar-refractivity contribution is 9.10. The summed E-state index contributed by atoms with van der Waals surface area (Å²) in [4.78, 5) is 12.7. The molecule has 0 fully saturated rings. The number of hydrogen-bond acceptors (Lipinski definition) is 2. The van der Waals surface area contributed by atoms with Crippen LogP contribution in [-0.4, -0.2) is 12.6 Å². The zero-order valence-corrected chi connectivity index (χ0v) is 14.6. The molecule has 0 radical (unpaired) electrons. The third kappa shape index (κ3) is 4.70. The smallest absolute Gasteiger partial charge is 0.316 e. The van der Waals surface area contributed by atoms with Crippen molar-refractivity contribution in [2.45, 2.75) is 51.4 Å². The van der Waals surface area contributed by atoms with Gasteiger partial charge in [-0.05, 0) is 37.5 Å². The molecule has 0 bridgehead atoms. The Morgan fingerprint density at radius 2 is 1.95 bits per heavy atom. The quantitative estimate of drug-likeness (QED) is 0.337. The molecule has 21 heavy (non-hydrogen) atoms. The number of hydrogen-bond donors (Lipinski definition) is 0. The zero-order chi connectivity index (χ0) is 15.7. The highest BCUT2D eigenvalue weighted by atomic mass is 79.9. The normalized spacial score (nSPS) is 13.5. The van der Waals surface area contributed by atoms with E-state index in [9.17, 15) is 4.79 Å². The van der Waals surface area contributed by atoms with E-state index in [-0.39, 0.29) is 5.97 Å². The number of allylic oxidation sites excluding steroid dienone is 1. The lowest BCUT2D eigenvalue weighted by atomic mass is 9.73. The van der Waals surface area contributed by atoms with Gasteiger partial charge in [0.15, 0.2) is 0 Å². The molecule has 3 heteroatoms. The van der Waals surface area contributed by atoms with E-state index >= 15 is 0 Å². The fourth-order valence-electron chi connectivity index (χ4n) is 2.63. The molecule has 1 aromatic rings.